The Balaban J connectivity index is 1.30. The average molecular weight is 570 g/mol. The van der Waals surface area contributed by atoms with Crippen LogP contribution in [0.5, 0.6) is 6.01 Å². The number of anilines is 2. The third-order valence-electron chi connectivity index (χ3n) is 9.53. The van der Waals surface area contributed by atoms with E-state index in [1.165, 1.54) is 6.08 Å². The molecular formula is C32H39N7O3. The lowest BCUT2D eigenvalue weighted by molar-refractivity contribution is -0.128. The molecule has 1 aromatic carbocycles. The molecule has 1 spiro atoms. The fraction of sp³-hybridized carbons (Fsp3) is 0.531. The molecule has 0 bridgehead atoms. The first-order valence-electron chi connectivity index (χ1n) is 15.0. The monoisotopic (exact) mass is 569 g/mol. The van der Waals surface area contributed by atoms with Crippen molar-refractivity contribution in [2.75, 3.05) is 56.2 Å². The van der Waals surface area contributed by atoms with Crippen LogP contribution in [0.25, 0.3) is 0 Å². The molecule has 0 radical (unpaired) electrons. The molecule has 42 heavy (non-hydrogen) atoms. The second-order valence-electron chi connectivity index (χ2n) is 12.2. The highest BCUT2D eigenvalue weighted by Gasteiger charge is 2.47. The van der Waals surface area contributed by atoms with Gasteiger partial charge in [-0.15, -0.1) is 0 Å². The lowest BCUT2D eigenvalue weighted by Gasteiger charge is -2.42. The van der Waals surface area contributed by atoms with Crippen LogP contribution in [0.15, 0.2) is 43.0 Å². The highest BCUT2D eigenvalue weighted by molar-refractivity contribution is 5.96. The number of nitrogens with zero attached hydrogens (tertiary/aromatic N) is 7. The fourth-order valence-electron chi connectivity index (χ4n) is 7.18. The molecule has 0 saturated carbocycles. The zero-order valence-corrected chi connectivity index (χ0v) is 24.4. The van der Waals surface area contributed by atoms with Crippen LogP contribution in [0.3, 0.4) is 0 Å². The predicted molar refractivity (Wildman–Crippen MR) is 159 cm³/mol. The van der Waals surface area contributed by atoms with E-state index in [0.29, 0.717) is 57.7 Å². The van der Waals surface area contributed by atoms with E-state index in [2.05, 4.69) is 29.5 Å². The smallest absolute Gasteiger partial charge is 0.318 e. The van der Waals surface area contributed by atoms with Gasteiger partial charge >= 0.3 is 6.01 Å². The van der Waals surface area contributed by atoms with E-state index in [1.54, 1.807) is 4.90 Å². The number of carbonyl (C=O) groups is 2. The highest BCUT2D eigenvalue weighted by Crippen LogP contribution is 2.46. The zero-order valence-electron chi connectivity index (χ0n) is 24.4. The van der Waals surface area contributed by atoms with Gasteiger partial charge in [-0.2, -0.15) is 15.2 Å². The Morgan fingerprint density at radius 1 is 1.19 bits per heavy atom. The number of fused-ring (bicyclic) bond motifs is 1. The molecule has 10 heteroatoms. The van der Waals surface area contributed by atoms with Gasteiger partial charge < -0.3 is 24.3 Å². The van der Waals surface area contributed by atoms with Crippen molar-refractivity contribution < 1.29 is 14.3 Å². The van der Waals surface area contributed by atoms with Gasteiger partial charge in [0, 0.05) is 55.3 Å². The number of hydrogen-bond acceptors (Lipinski definition) is 8. The molecule has 1 unspecified atom stereocenters. The van der Waals surface area contributed by atoms with Crippen molar-refractivity contribution in [3.63, 3.8) is 0 Å². The second kappa shape index (κ2) is 11.7. The molecule has 4 aliphatic rings. The van der Waals surface area contributed by atoms with Crippen LogP contribution in [-0.4, -0.2) is 90.0 Å². The van der Waals surface area contributed by atoms with Crippen molar-refractivity contribution in [3.8, 4) is 12.1 Å². The Bertz CT molecular complexity index is 1390. The third-order valence-corrected chi connectivity index (χ3v) is 9.53. The van der Waals surface area contributed by atoms with E-state index in [1.807, 2.05) is 35.2 Å². The van der Waals surface area contributed by atoms with Crippen LogP contribution in [0.2, 0.25) is 0 Å². The number of rotatable bonds is 7. The molecule has 3 atom stereocenters. The van der Waals surface area contributed by atoms with Crippen molar-refractivity contribution in [1.29, 1.82) is 5.26 Å². The van der Waals surface area contributed by atoms with Gasteiger partial charge in [-0.25, -0.2) is 0 Å². The van der Waals surface area contributed by atoms with Gasteiger partial charge in [0.2, 0.25) is 11.8 Å². The maximum Gasteiger partial charge on any atom is 0.318 e. The molecule has 2 aromatic rings. The Kier molecular flexibility index (Phi) is 7.86. The number of likely N-dealkylation sites (tertiary alicyclic amines) is 1. The van der Waals surface area contributed by atoms with Crippen LogP contribution >= 0.6 is 0 Å². The first kappa shape index (κ1) is 28.2. The minimum atomic E-state index is -0.252. The molecule has 1 aliphatic carbocycles. The number of para-hydroxylation sites is 1. The number of aromatic nitrogens is 2. The fourth-order valence-corrected chi connectivity index (χ4v) is 7.18. The SMILES string of the molecule is C=CC(=O)N1CCN(c2nc(OC[C@@H]3CCCN3C)nc3c2CCC2(CC(=O)N(c4ccccc4)C2)C3)C[C@@H]1CC#N. The van der Waals surface area contributed by atoms with E-state index >= 15 is 0 Å². The number of nitriles is 1. The van der Waals surface area contributed by atoms with Gasteiger partial charge in [0.1, 0.15) is 12.4 Å². The first-order valence-corrected chi connectivity index (χ1v) is 15.0. The Labute approximate surface area is 247 Å². The topological polar surface area (TPSA) is 106 Å². The Morgan fingerprint density at radius 2 is 2.02 bits per heavy atom. The Hall–Kier alpha value is -3.97. The summed E-state index contributed by atoms with van der Waals surface area (Å²) in [6.07, 6.45) is 6.61. The first-order chi connectivity index (χ1) is 20.4. The highest BCUT2D eigenvalue weighted by atomic mass is 16.5. The maximum absolute atomic E-state index is 13.2. The molecule has 0 N–H and O–H groups in total. The summed E-state index contributed by atoms with van der Waals surface area (Å²) in [5, 5.41) is 9.51. The summed E-state index contributed by atoms with van der Waals surface area (Å²) < 4.78 is 6.27. The summed E-state index contributed by atoms with van der Waals surface area (Å²) in [5.41, 5.74) is 2.79. The molecule has 4 heterocycles. The Morgan fingerprint density at radius 3 is 2.76 bits per heavy atom. The van der Waals surface area contributed by atoms with Crippen molar-refractivity contribution in [2.24, 2.45) is 5.41 Å². The predicted octanol–water partition coefficient (Wildman–Crippen LogP) is 2.98. The van der Waals surface area contributed by atoms with Gasteiger partial charge in [-0.05, 0) is 63.9 Å². The van der Waals surface area contributed by atoms with Crippen LogP contribution < -0.4 is 14.5 Å². The van der Waals surface area contributed by atoms with Crippen LogP contribution in [-0.2, 0) is 22.4 Å². The minimum Gasteiger partial charge on any atom is -0.462 e. The van der Waals surface area contributed by atoms with Gasteiger partial charge in [0.15, 0.2) is 0 Å². The molecule has 3 fully saturated rings. The minimum absolute atomic E-state index is 0.153. The normalized spacial score (nSPS) is 25.9. The van der Waals surface area contributed by atoms with Crippen LogP contribution in [0.4, 0.5) is 11.5 Å². The summed E-state index contributed by atoms with van der Waals surface area (Å²) in [5.74, 6) is 0.838. The van der Waals surface area contributed by atoms with Crippen LogP contribution in [0.1, 0.15) is 43.4 Å². The summed E-state index contributed by atoms with van der Waals surface area (Å²) in [4.78, 5) is 43.8. The molecule has 220 valence electrons. The van der Waals surface area contributed by atoms with Gasteiger partial charge in [0.05, 0.1) is 24.2 Å². The van der Waals surface area contributed by atoms with E-state index in [9.17, 15) is 14.9 Å². The second-order valence-corrected chi connectivity index (χ2v) is 12.2. The third kappa shape index (κ3) is 5.45. The van der Waals surface area contributed by atoms with Crippen molar-refractivity contribution in [2.45, 2.75) is 57.0 Å². The van der Waals surface area contributed by atoms with E-state index in [4.69, 9.17) is 14.7 Å². The molecule has 3 aliphatic heterocycles. The number of likely N-dealkylation sites (N-methyl/N-ethyl adjacent to an activating group) is 1. The van der Waals surface area contributed by atoms with Gasteiger partial charge in [-0.1, -0.05) is 24.8 Å². The molecular weight excluding hydrogens is 530 g/mol. The van der Waals surface area contributed by atoms with Gasteiger partial charge in [0.25, 0.3) is 0 Å². The lowest BCUT2D eigenvalue weighted by Crippen LogP contribution is -2.55. The van der Waals surface area contributed by atoms with Crippen molar-refractivity contribution in [3.05, 3.63) is 54.2 Å². The summed E-state index contributed by atoms with van der Waals surface area (Å²) in [7, 11) is 2.12. The average Bonchev–Trinajstić information content (AvgIpc) is 3.56. The number of benzene rings is 1. The number of carbonyl (C=O) groups excluding carboxylic acids is 2. The van der Waals surface area contributed by atoms with Gasteiger partial charge in [-0.3, -0.25) is 9.59 Å². The van der Waals surface area contributed by atoms with E-state index in [-0.39, 0.29) is 29.7 Å². The molecule has 1 aromatic heterocycles. The molecule has 10 nitrogen and oxygen atoms in total. The maximum atomic E-state index is 13.2. The number of piperazine rings is 1. The van der Waals surface area contributed by atoms with Crippen LogP contribution in [0, 0.1) is 16.7 Å². The van der Waals surface area contributed by atoms with Crippen molar-refractivity contribution >= 4 is 23.3 Å². The quantitative estimate of drug-likeness (QED) is 0.469. The van der Waals surface area contributed by atoms with Crippen molar-refractivity contribution in [1.82, 2.24) is 19.8 Å². The summed E-state index contributed by atoms with van der Waals surface area (Å²) in [6, 6.07) is 12.6. The zero-order chi connectivity index (χ0) is 29.3. The van der Waals surface area contributed by atoms with E-state index < -0.39 is 0 Å². The summed E-state index contributed by atoms with van der Waals surface area (Å²) >= 11 is 0. The standard InChI is InChI=1S/C32H39N7O3/c1-3-28(40)38-17-16-37(20-24(38)12-14-33)30-26-11-13-32(19-29(41)39(22-32)23-8-5-4-6-9-23)18-27(26)34-31(35-30)42-21-25-10-7-15-36(25)2/h3-6,8-9,24-25H,1,7,10-13,15-22H2,2H3/t24-,25-,32?/m0/s1. The van der Waals surface area contributed by atoms with E-state index in [0.717, 1.165) is 55.0 Å². The number of ether oxygens (including phenoxy) is 1. The molecule has 2 amide bonds. The number of amides is 2. The lowest BCUT2D eigenvalue weighted by atomic mass is 9.72. The molecule has 3 saturated heterocycles. The summed E-state index contributed by atoms with van der Waals surface area (Å²) in [6.45, 7) is 7.50. The number of hydrogen-bond donors (Lipinski definition) is 0. The largest absolute Gasteiger partial charge is 0.462 e. The molecule has 6 rings (SSSR count).